The normalized spacial score (nSPS) is 23.8. The number of carboxylic acids is 1. The van der Waals surface area contributed by atoms with E-state index in [4.69, 9.17) is 5.11 Å². The molecule has 0 aliphatic heterocycles. The zero-order chi connectivity index (χ0) is 15.4. The SMILES string of the molecule is Cc1ccc(C(C)NCC2CCC(C(=O)O)CC2)cc1F. The molecule has 1 fully saturated rings. The van der Waals surface area contributed by atoms with Gasteiger partial charge in [-0.15, -0.1) is 0 Å². The maximum absolute atomic E-state index is 13.6. The van der Waals surface area contributed by atoms with Crippen molar-refractivity contribution < 1.29 is 14.3 Å². The van der Waals surface area contributed by atoms with E-state index in [9.17, 15) is 9.18 Å². The first-order valence-corrected chi connectivity index (χ1v) is 7.69. The second-order valence-electron chi connectivity index (χ2n) is 6.19. The van der Waals surface area contributed by atoms with Gasteiger partial charge in [-0.25, -0.2) is 4.39 Å². The Bertz CT molecular complexity index is 496. The molecule has 2 rings (SSSR count). The molecular weight excluding hydrogens is 269 g/mol. The second kappa shape index (κ2) is 7.03. The van der Waals surface area contributed by atoms with Crippen LogP contribution in [-0.4, -0.2) is 17.6 Å². The van der Waals surface area contributed by atoms with Gasteiger partial charge in [0, 0.05) is 6.04 Å². The van der Waals surface area contributed by atoms with Crippen molar-refractivity contribution in [2.45, 2.75) is 45.6 Å². The van der Waals surface area contributed by atoms with Crippen molar-refractivity contribution in [1.29, 1.82) is 0 Å². The molecule has 1 aliphatic rings. The highest BCUT2D eigenvalue weighted by atomic mass is 19.1. The third kappa shape index (κ3) is 4.27. The number of carbonyl (C=O) groups is 1. The van der Waals surface area contributed by atoms with Gasteiger partial charge in [-0.2, -0.15) is 0 Å². The molecule has 2 N–H and O–H groups in total. The quantitative estimate of drug-likeness (QED) is 0.870. The van der Waals surface area contributed by atoms with Crippen LogP contribution >= 0.6 is 0 Å². The lowest BCUT2D eigenvalue weighted by atomic mass is 9.82. The van der Waals surface area contributed by atoms with E-state index in [-0.39, 0.29) is 17.8 Å². The fourth-order valence-corrected chi connectivity index (χ4v) is 2.95. The van der Waals surface area contributed by atoms with Gasteiger partial charge in [0.15, 0.2) is 0 Å². The third-order valence-corrected chi connectivity index (χ3v) is 4.60. The molecule has 1 aromatic carbocycles. The van der Waals surface area contributed by atoms with E-state index in [0.29, 0.717) is 11.5 Å². The summed E-state index contributed by atoms with van der Waals surface area (Å²) in [7, 11) is 0. The Balaban J connectivity index is 1.80. The first kappa shape index (κ1) is 16.0. The molecule has 0 bridgehead atoms. The van der Waals surface area contributed by atoms with E-state index < -0.39 is 5.97 Å². The summed E-state index contributed by atoms with van der Waals surface area (Å²) in [5.74, 6) is -0.462. The average molecular weight is 293 g/mol. The molecule has 3 nitrogen and oxygen atoms in total. The molecule has 1 unspecified atom stereocenters. The minimum absolute atomic E-state index is 0.109. The highest BCUT2D eigenvalue weighted by molar-refractivity contribution is 5.69. The average Bonchev–Trinajstić information content (AvgIpc) is 2.48. The molecule has 0 spiro atoms. The summed E-state index contributed by atoms with van der Waals surface area (Å²) in [5, 5.41) is 12.4. The van der Waals surface area contributed by atoms with Gasteiger partial charge in [0.2, 0.25) is 0 Å². The summed E-state index contributed by atoms with van der Waals surface area (Å²) < 4.78 is 13.6. The minimum Gasteiger partial charge on any atom is -0.481 e. The van der Waals surface area contributed by atoms with Crippen molar-refractivity contribution in [2.75, 3.05) is 6.54 Å². The molecule has 1 saturated carbocycles. The maximum Gasteiger partial charge on any atom is 0.306 e. The van der Waals surface area contributed by atoms with Crippen molar-refractivity contribution in [3.8, 4) is 0 Å². The van der Waals surface area contributed by atoms with Crippen molar-refractivity contribution in [3.05, 3.63) is 35.1 Å². The van der Waals surface area contributed by atoms with Crippen LogP contribution < -0.4 is 5.32 Å². The number of rotatable bonds is 5. The largest absolute Gasteiger partial charge is 0.481 e. The Morgan fingerprint density at radius 3 is 2.62 bits per heavy atom. The predicted octanol–water partition coefficient (Wildman–Crippen LogP) is 3.68. The van der Waals surface area contributed by atoms with Gasteiger partial charge >= 0.3 is 5.97 Å². The lowest BCUT2D eigenvalue weighted by Crippen LogP contribution is -2.30. The molecule has 21 heavy (non-hydrogen) atoms. The number of aryl methyl sites for hydroxylation is 1. The highest BCUT2D eigenvalue weighted by Crippen LogP contribution is 2.29. The second-order valence-corrected chi connectivity index (χ2v) is 6.19. The van der Waals surface area contributed by atoms with E-state index in [0.717, 1.165) is 37.8 Å². The Labute approximate surface area is 125 Å². The topological polar surface area (TPSA) is 49.3 Å². The molecule has 116 valence electrons. The van der Waals surface area contributed by atoms with E-state index in [1.165, 1.54) is 0 Å². The van der Waals surface area contributed by atoms with E-state index in [1.54, 1.807) is 19.1 Å². The number of carboxylic acid groups (broad SMARTS) is 1. The van der Waals surface area contributed by atoms with Crippen LogP contribution in [0.25, 0.3) is 0 Å². The summed E-state index contributed by atoms with van der Waals surface area (Å²) in [6.07, 6.45) is 3.46. The standard InChI is InChI=1S/C17H24FNO2/c1-11-3-6-15(9-16(11)18)12(2)19-10-13-4-7-14(8-5-13)17(20)21/h3,6,9,12-14,19H,4-5,7-8,10H2,1-2H3,(H,20,21). The molecule has 1 atom stereocenters. The number of nitrogens with one attached hydrogen (secondary N) is 1. The van der Waals surface area contributed by atoms with Crippen LogP contribution in [0.2, 0.25) is 0 Å². The molecule has 4 heteroatoms. The molecule has 1 aliphatic carbocycles. The number of hydrogen-bond acceptors (Lipinski definition) is 2. The van der Waals surface area contributed by atoms with Crippen LogP contribution in [0.4, 0.5) is 4.39 Å². The van der Waals surface area contributed by atoms with Gasteiger partial charge in [-0.1, -0.05) is 12.1 Å². The van der Waals surface area contributed by atoms with Gasteiger partial charge < -0.3 is 10.4 Å². The van der Waals surface area contributed by atoms with Crippen molar-refractivity contribution >= 4 is 5.97 Å². The fraction of sp³-hybridized carbons (Fsp3) is 0.588. The maximum atomic E-state index is 13.6. The lowest BCUT2D eigenvalue weighted by molar-refractivity contribution is -0.143. The number of aliphatic carboxylic acids is 1. The van der Waals surface area contributed by atoms with Crippen molar-refractivity contribution in [1.82, 2.24) is 5.32 Å². The third-order valence-electron chi connectivity index (χ3n) is 4.60. The molecule has 1 aromatic rings. The smallest absolute Gasteiger partial charge is 0.306 e. The van der Waals surface area contributed by atoms with Crippen LogP contribution in [0.15, 0.2) is 18.2 Å². The molecule has 0 radical (unpaired) electrons. The van der Waals surface area contributed by atoms with Gasteiger partial charge in [0.05, 0.1) is 5.92 Å². The summed E-state index contributed by atoms with van der Waals surface area (Å²) in [4.78, 5) is 10.9. The van der Waals surface area contributed by atoms with Crippen LogP contribution in [0.5, 0.6) is 0 Å². The Hall–Kier alpha value is -1.42. The zero-order valence-electron chi connectivity index (χ0n) is 12.7. The molecular formula is C17H24FNO2. The van der Waals surface area contributed by atoms with Gasteiger partial charge in [-0.05, 0) is 69.2 Å². The predicted molar refractivity (Wildman–Crippen MR) is 80.6 cm³/mol. The van der Waals surface area contributed by atoms with Crippen LogP contribution in [0.3, 0.4) is 0 Å². The van der Waals surface area contributed by atoms with Crippen LogP contribution in [-0.2, 0) is 4.79 Å². The van der Waals surface area contributed by atoms with E-state index in [2.05, 4.69) is 5.32 Å². The molecule has 0 saturated heterocycles. The van der Waals surface area contributed by atoms with Crippen LogP contribution in [0.1, 0.15) is 49.8 Å². The fourth-order valence-electron chi connectivity index (χ4n) is 2.95. The summed E-state index contributed by atoms with van der Waals surface area (Å²) >= 11 is 0. The molecule has 0 heterocycles. The van der Waals surface area contributed by atoms with E-state index >= 15 is 0 Å². The first-order chi connectivity index (χ1) is 9.97. The molecule has 0 amide bonds. The molecule has 0 aromatic heterocycles. The highest BCUT2D eigenvalue weighted by Gasteiger charge is 2.25. The van der Waals surface area contributed by atoms with Gasteiger partial charge in [-0.3, -0.25) is 4.79 Å². The van der Waals surface area contributed by atoms with Gasteiger partial charge in [0.25, 0.3) is 0 Å². The van der Waals surface area contributed by atoms with Crippen molar-refractivity contribution in [3.63, 3.8) is 0 Å². The minimum atomic E-state index is -0.662. The summed E-state index contributed by atoms with van der Waals surface area (Å²) in [6.45, 7) is 4.66. The number of halogens is 1. The monoisotopic (exact) mass is 293 g/mol. The zero-order valence-corrected chi connectivity index (χ0v) is 12.7. The van der Waals surface area contributed by atoms with Gasteiger partial charge in [0.1, 0.15) is 5.82 Å². The lowest BCUT2D eigenvalue weighted by Gasteiger charge is -2.27. The first-order valence-electron chi connectivity index (χ1n) is 7.69. The summed E-state index contributed by atoms with van der Waals surface area (Å²) in [5.41, 5.74) is 1.62. The Morgan fingerprint density at radius 2 is 2.05 bits per heavy atom. The number of hydrogen-bond donors (Lipinski definition) is 2. The Morgan fingerprint density at radius 1 is 1.38 bits per heavy atom. The van der Waals surface area contributed by atoms with E-state index in [1.807, 2.05) is 13.0 Å². The number of benzene rings is 1. The Kier molecular flexibility index (Phi) is 5.34. The van der Waals surface area contributed by atoms with Crippen molar-refractivity contribution in [2.24, 2.45) is 11.8 Å². The summed E-state index contributed by atoms with van der Waals surface area (Å²) in [6, 6.07) is 5.46. The van der Waals surface area contributed by atoms with Crippen LogP contribution in [0, 0.1) is 24.6 Å².